The molecule has 0 aliphatic rings. The van der Waals surface area contributed by atoms with E-state index in [1.807, 2.05) is 13.8 Å². The van der Waals surface area contributed by atoms with E-state index in [0.717, 1.165) is 12.1 Å². The predicted octanol–water partition coefficient (Wildman–Crippen LogP) is 3.93. The van der Waals surface area contributed by atoms with Crippen LogP contribution >= 0.6 is 0 Å². The van der Waals surface area contributed by atoms with Crippen LogP contribution in [0.4, 0.5) is 13.2 Å². The van der Waals surface area contributed by atoms with Gasteiger partial charge in [0.25, 0.3) is 5.56 Å². The fourth-order valence-electron chi connectivity index (χ4n) is 3.19. The monoisotopic (exact) mass is 364 g/mol. The second-order valence-electron chi connectivity index (χ2n) is 6.34. The van der Waals surface area contributed by atoms with Crippen LogP contribution in [0.2, 0.25) is 0 Å². The average molecular weight is 364 g/mol. The summed E-state index contributed by atoms with van der Waals surface area (Å²) < 4.78 is 40.3. The lowest BCUT2D eigenvalue weighted by Crippen LogP contribution is -2.14. The molecule has 1 N–H and O–H groups in total. The molecule has 1 aromatic carbocycles. The number of nitrogens with one attached hydrogen (secondary N) is 1. The van der Waals surface area contributed by atoms with Gasteiger partial charge < -0.3 is 4.98 Å². The minimum Gasteiger partial charge on any atom is -0.310 e. The molecule has 0 saturated carbocycles. The Kier molecular flexibility index (Phi) is 4.37. The highest BCUT2D eigenvalue weighted by molar-refractivity contribution is 5.77. The number of aromatic amines is 1. The van der Waals surface area contributed by atoms with E-state index in [4.69, 9.17) is 0 Å². The molecule has 0 saturated heterocycles. The van der Waals surface area contributed by atoms with Crippen molar-refractivity contribution in [1.82, 2.24) is 19.7 Å². The van der Waals surface area contributed by atoms with Crippen LogP contribution in [0.25, 0.3) is 11.0 Å². The van der Waals surface area contributed by atoms with E-state index >= 15 is 0 Å². The first kappa shape index (κ1) is 18.2. The summed E-state index contributed by atoms with van der Waals surface area (Å²) in [7, 11) is 0. The topological polar surface area (TPSA) is 63.6 Å². The van der Waals surface area contributed by atoms with E-state index in [1.54, 1.807) is 18.5 Å². The molecule has 0 radical (unpaired) electrons. The van der Waals surface area contributed by atoms with Crippen molar-refractivity contribution < 1.29 is 13.2 Å². The Morgan fingerprint density at radius 1 is 1.27 bits per heavy atom. The van der Waals surface area contributed by atoms with Crippen LogP contribution in [0.1, 0.15) is 48.1 Å². The SMILES string of the molecule is CCc1nn(C(C)c2ccc(C(F)(F)F)cc2C)c2nc(C)[nH]c(=O)c12. The fraction of sp³-hybridized carbons (Fsp3) is 0.389. The number of halogens is 3. The molecule has 138 valence electrons. The van der Waals surface area contributed by atoms with Gasteiger partial charge >= 0.3 is 6.18 Å². The van der Waals surface area contributed by atoms with Crippen molar-refractivity contribution in [2.24, 2.45) is 0 Å². The second kappa shape index (κ2) is 6.26. The Bertz CT molecular complexity index is 1030. The van der Waals surface area contributed by atoms with E-state index < -0.39 is 11.7 Å². The van der Waals surface area contributed by atoms with Crippen LogP contribution in [0.15, 0.2) is 23.0 Å². The van der Waals surface area contributed by atoms with Crippen molar-refractivity contribution in [3.05, 3.63) is 56.8 Å². The summed E-state index contributed by atoms with van der Waals surface area (Å²) >= 11 is 0. The van der Waals surface area contributed by atoms with Gasteiger partial charge in [-0.1, -0.05) is 13.0 Å². The zero-order chi connectivity index (χ0) is 19.2. The third-order valence-corrected chi connectivity index (χ3v) is 4.50. The summed E-state index contributed by atoms with van der Waals surface area (Å²) in [6.07, 6.45) is -3.83. The third kappa shape index (κ3) is 3.00. The molecule has 2 aromatic heterocycles. The van der Waals surface area contributed by atoms with Gasteiger partial charge in [-0.3, -0.25) is 4.79 Å². The van der Waals surface area contributed by atoms with Crippen molar-refractivity contribution >= 4 is 11.0 Å². The molecule has 1 atom stereocenters. The molecular weight excluding hydrogens is 345 g/mol. The largest absolute Gasteiger partial charge is 0.416 e. The molecule has 8 heteroatoms. The molecule has 0 amide bonds. The first-order valence-electron chi connectivity index (χ1n) is 8.29. The lowest BCUT2D eigenvalue weighted by molar-refractivity contribution is -0.137. The molecular formula is C18H19F3N4O. The molecule has 3 aromatic rings. The van der Waals surface area contributed by atoms with Gasteiger partial charge in [-0.2, -0.15) is 18.3 Å². The van der Waals surface area contributed by atoms with Crippen LogP contribution in [0.5, 0.6) is 0 Å². The fourth-order valence-corrected chi connectivity index (χ4v) is 3.19. The van der Waals surface area contributed by atoms with E-state index in [0.29, 0.717) is 40.1 Å². The van der Waals surface area contributed by atoms with Crippen LogP contribution < -0.4 is 5.56 Å². The molecule has 0 bridgehead atoms. The van der Waals surface area contributed by atoms with Gasteiger partial charge in [0.15, 0.2) is 5.65 Å². The molecule has 0 aliphatic heterocycles. The van der Waals surface area contributed by atoms with E-state index in [-0.39, 0.29) is 11.6 Å². The van der Waals surface area contributed by atoms with Crippen LogP contribution in [0, 0.1) is 13.8 Å². The number of alkyl halides is 3. The highest BCUT2D eigenvalue weighted by Crippen LogP contribution is 2.33. The van der Waals surface area contributed by atoms with Crippen molar-refractivity contribution in [1.29, 1.82) is 0 Å². The number of hydrogen-bond acceptors (Lipinski definition) is 3. The van der Waals surface area contributed by atoms with E-state index in [1.165, 1.54) is 6.07 Å². The molecule has 0 spiro atoms. The Hall–Kier alpha value is -2.64. The molecule has 0 aliphatic carbocycles. The maximum absolute atomic E-state index is 12.9. The first-order valence-corrected chi connectivity index (χ1v) is 8.29. The summed E-state index contributed by atoms with van der Waals surface area (Å²) in [5.74, 6) is 0.461. The van der Waals surface area contributed by atoms with Crippen molar-refractivity contribution in [2.45, 2.75) is 46.3 Å². The van der Waals surface area contributed by atoms with Gasteiger partial charge in [-0.05, 0) is 50.5 Å². The number of aromatic nitrogens is 4. The summed E-state index contributed by atoms with van der Waals surface area (Å²) in [5, 5.41) is 4.94. The zero-order valence-corrected chi connectivity index (χ0v) is 14.9. The zero-order valence-electron chi connectivity index (χ0n) is 14.9. The van der Waals surface area contributed by atoms with Gasteiger partial charge in [-0.15, -0.1) is 0 Å². The molecule has 2 heterocycles. The van der Waals surface area contributed by atoms with Gasteiger partial charge in [0, 0.05) is 0 Å². The number of hydrogen-bond donors (Lipinski definition) is 1. The number of benzene rings is 1. The predicted molar refractivity (Wildman–Crippen MR) is 92.3 cm³/mol. The van der Waals surface area contributed by atoms with Gasteiger partial charge in [0.05, 0.1) is 17.3 Å². The smallest absolute Gasteiger partial charge is 0.310 e. The quantitative estimate of drug-likeness (QED) is 0.766. The Morgan fingerprint density at radius 3 is 2.54 bits per heavy atom. The summed E-state index contributed by atoms with van der Waals surface area (Å²) in [4.78, 5) is 19.4. The minimum absolute atomic E-state index is 0.257. The molecule has 5 nitrogen and oxygen atoms in total. The Morgan fingerprint density at radius 2 is 1.96 bits per heavy atom. The third-order valence-electron chi connectivity index (χ3n) is 4.50. The highest BCUT2D eigenvalue weighted by atomic mass is 19.4. The Balaban J connectivity index is 2.17. The second-order valence-corrected chi connectivity index (χ2v) is 6.34. The molecule has 3 rings (SSSR count). The lowest BCUT2D eigenvalue weighted by atomic mass is 9.99. The maximum Gasteiger partial charge on any atom is 0.416 e. The number of nitrogens with zero attached hydrogens (tertiary/aromatic N) is 3. The number of fused-ring (bicyclic) bond motifs is 1. The van der Waals surface area contributed by atoms with Gasteiger partial charge in [0.2, 0.25) is 0 Å². The normalized spacial score (nSPS) is 13.3. The standard InChI is InChI=1S/C18H19F3N4O/c1-5-14-15-16(22-11(4)23-17(15)26)25(24-14)10(3)13-7-6-12(8-9(13)2)18(19,20)21/h6-8,10H,5H2,1-4H3,(H,22,23,26). The van der Waals surface area contributed by atoms with Crippen molar-refractivity contribution in [3.8, 4) is 0 Å². The highest BCUT2D eigenvalue weighted by Gasteiger charge is 2.31. The Labute approximate surface area is 147 Å². The summed E-state index contributed by atoms with van der Waals surface area (Å²) in [6.45, 7) is 7.04. The van der Waals surface area contributed by atoms with Crippen molar-refractivity contribution in [2.75, 3.05) is 0 Å². The minimum atomic E-state index is -4.38. The molecule has 1 unspecified atom stereocenters. The lowest BCUT2D eigenvalue weighted by Gasteiger charge is -2.18. The van der Waals surface area contributed by atoms with Crippen LogP contribution in [-0.4, -0.2) is 19.7 Å². The van der Waals surface area contributed by atoms with Crippen LogP contribution in [0.3, 0.4) is 0 Å². The number of H-pyrrole nitrogens is 1. The average Bonchev–Trinajstić information content (AvgIpc) is 2.92. The number of aryl methyl sites for hydroxylation is 3. The summed E-state index contributed by atoms with van der Waals surface area (Å²) in [6, 6.07) is 3.29. The van der Waals surface area contributed by atoms with E-state index in [2.05, 4.69) is 15.1 Å². The summed E-state index contributed by atoms with van der Waals surface area (Å²) in [5.41, 5.74) is 1.32. The van der Waals surface area contributed by atoms with Gasteiger partial charge in [0.1, 0.15) is 11.2 Å². The molecule has 26 heavy (non-hydrogen) atoms. The number of rotatable bonds is 3. The van der Waals surface area contributed by atoms with E-state index in [9.17, 15) is 18.0 Å². The van der Waals surface area contributed by atoms with Crippen LogP contribution in [-0.2, 0) is 12.6 Å². The molecule has 0 fully saturated rings. The van der Waals surface area contributed by atoms with Crippen molar-refractivity contribution in [3.63, 3.8) is 0 Å². The maximum atomic E-state index is 12.9. The van der Waals surface area contributed by atoms with Gasteiger partial charge in [-0.25, -0.2) is 9.67 Å². The first-order chi connectivity index (χ1) is 12.1.